The van der Waals surface area contributed by atoms with Crippen molar-refractivity contribution in [3.05, 3.63) is 191 Å². The number of hydrogen-bond acceptors (Lipinski definition) is 15. The maximum Gasteiger partial charge on any atom is 1.00 e. The van der Waals surface area contributed by atoms with Crippen molar-refractivity contribution in [3.8, 4) is 23.0 Å². The molecule has 0 unspecified atom stereocenters. The molecular formula is C60H70K2N4O14. The van der Waals surface area contributed by atoms with Gasteiger partial charge in [0, 0.05) is 52.4 Å². The zero-order valence-corrected chi connectivity index (χ0v) is 53.1. The fourth-order valence-electron chi connectivity index (χ4n) is 8.54. The molecule has 0 radical (unpaired) electrons. The van der Waals surface area contributed by atoms with E-state index < -0.39 is 40.8 Å². The number of carbonyl (C=O) groups excluding carboxylic acids is 6. The molecule has 0 atom stereocenters. The van der Waals surface area contributed by atoms with Crippen LogP contribution in [0.25, 0.3) is 0 Å². The average molecular weight is 1150 g/mol. The minimum absolute atomic E-state index is 0. The quantitative estimate of drug-likeness (QED) is 0.0309. The second kappa shape index (κ2) is 35.7. The van der Waals surface area contributed by atoms with Gasteiger partial charge < -0.3 is 47.2 Å². The standard InChI is InChI=1S/C29H29NO7.C26H29NO4.C4H5NO3.CH5N.2K.2H/c1-34-24-14-10-22(11-15-24)29(21-7-4-3-5-8-21,23-12-16-25(35-2)17-13-23)36-20-6-9-28(33)37-30-26(31)18-19-27(30)32;1-27-25(28)10-7-19-31-26(20-8-5-4-6-9-20,21-11-15-23(29-2)16-12-21)22-13-17-24(30-3)18-14-22;6-3-1-2-4(7)5(3)8;1-2;;;;/h3-5,7-8,10-17H,6,9,18-20H2,1-2H3;4-6,8-9,11-18H,7,10,19H2,1-3H3,(H,27,28);8H,1-2H2;2H2,1H3;;;;/q;;;;2*+1;2*-1. The Morgan fingerprint density at radius 3 is 1.05 bits per heavy atom. The Bertz CT molecular complexity index is 2750. The third-order valence-electron chi connectivity index (χ3n) is 12.6. The van der Waals surface area contributed by atoms with E-state index in [0.29, 0.717) is 42.4 Å². The largest absolute Gasteiger partial charge is 1.00 e. The molecular weight excluding hydrogens is 1080 g/mol. The number of hydrogen-bond donors (Lipinski definition) is 3. The van der Waals surface area contributed by atoms with E-state index in [1.807, 2.05) is 146 Å². The van der Waals surface area contributed by atoms with Gasteiger partial charge in [0.15, 0.2) is 0 Å². The van der Waals surface area contributed by atoms with Gasteiger partial charge >= 0.3 is 109 Å². The number of nitrogens with two attached hydrogens (primary N) is 1. The molecule has 20 heteroatoms. The van der Waals surface area contributed by atoms with Crippen molar-refractivity contribution < 1.29 is 173 Å². The van der Waals surface area contributed by atoms with E-state index in [1.54, 1.807) is 35.5 Å². The van der Waals surface area contributed by atoms with Crippen molar-refractivity contribution in [1.82, 2.24) is 15.4 Å². The Hall–Kier alpha value is -5.15. The van der Waals surface area contributed by atoms with Gasteiger partial charge in [-0.1, -0.05) is 109 Å². The number of carbonyl (C=O) groups is 6. The third kappa shape index (κ3) is 18.4. The van der Waals surface area contributed by atoms with Gasteiger partial charge in [-0.05, 0) is 102 Å². The van der Waals surface area contributed by atoms with Gasteiger partial charge in [0.2, 0.25) is 5.91 Å². The summed E-state index contributed by atoms with van der Waals surface area (Å²) in [5, 5.41) is 11.8. The number of rotatable bonds is 21. The van der Waals surface area contributed by atoms with Crippen LogP contribution in [-0.2, 0) is 54.3 Å². The minimum Gasteiger partial charge on any atom is -1.00 e. The molecule has 0 aliphatic carbocycles. The SMILES string of the molecule is CN.CNC(=O)CCCOC(c1ccccc1)(c1ccc(OC)cc1)c1ccc(OC)cc1.COc1ccc(C(OCCCC(=O)ON2C(=O)CCC2=O)(c2ccccc2)c2ccc(OC)cc2)cc1.O=C1CCC(=O)N1O.[H-].[H-].[K+].[K+]. The van der Waals surface area contributed by atoms with Gasteiger partial charge in [0.05, 0.1) is 34.9 Å². The number of nitrogens with zero attached hydrogens (tertiary/aromatic N) is 2. The maximum atomic E-state index is 12.3. The molecule has 0 saturated carbocycles. The van der Waals surface area contributed by atoms with E-state index in [1.165, 1.54) is 7.05 Å². The van der Waals surface area contributed by atoms with E-state index in [9.17, 15) is 28.8 Å². The van der Waals surface area contributed by atoms with Crippen LogP contribution in [0.3, 0.4) is 0 Å². The maximum absolute atomic E-state index is 12.3. The molecule has 6 aromatic carbocycles. The minimum atomic E-state index is -0.995. The molecule has 2 fully saturated rings. The van der Waals surface area contributed by atoms with Crippen LogP contribution in [0.1, 0.15) is 87.6 Å². The summed E-state index contributed by atoms with van der Waals surface area (Å²) in [6.07, 6.45) is 1.72. The summed E-state index contributed by atoms with van der Waals surface area (Å²) in [4.78, 5) is 72.9. The topological polar surface area (TPSA) is 232 Å². The van der Waals surface area contributed by atoms with Crippen molar-refractivity contribution in [1.29, 1.82) is 0 Å². The molecule has 6 aromatic rings. The molecule has 2 heterocycles. The van der Waals surface area contributed by atoms with Crippen LogP contribution in [-0.4, -0.2) is 107 Å². The van der Waals surface area contributed by atoms with Crippen molar-refractivity contribution in [2.75, 3.05) is 55.7 Å². The normalized spacial score (nSPS) is 12.7. The molecule has 2 aliphatic heterocycles. The van der Waals surface area contributed by atoms with Crippen molar-refractivity contribution in [2.45, 2.75) is 62.6 Å². The van der Waals surface area contributed by atoms with Gasteiger partial charge in [0.25, 0.3) is 23.6 Å². The average Bonchev–Trinajstić information content (AvgIpc) is 3.99. The number of methoxy groups -OCH3 is 4. The number of ether oxygens (including phenoxy) is 6. The molecule has 8 rings (SSSR count). The molecule has 4 N–H and O–H groups in total. The van der Waals surface area contributed by atoms with Crippen LogP contribution in [0.2, 0.25) is 0 Å². The fraction of sp³-hybridized carbons (Fsp3) is 0.300. The van der Waals surface area contributed by atoms with Gasteiger partial charge in [0.1, 0.15) is 34.2 Å². The van der Waals surface area contributed by atoms with Crippen LogP contribution >= 0.6 is 0 Å². The molecule has 416 valence electrons. The number of benzene rings is 6. The van der Waals surface area contributed by atoms with Crippen LogP contribution in [0.4, 0.5) is 0 Å². The first-order valence-corrected chi connectivity index (χ1v) is 25.2. The number of amides is 5. The monoisotopic (exact) mass is 1150 g/mol. The number of hydroxylamine groups is 4. The molecule has 2 aliphatic rings. The van der Waals surface area contributed by atoms with E-state index in [0.717, 1.165) is 44.9 Å². The summed E-state index contributed by atoms with van der Waals surface area (Å²) in [6, 6.07) is 51.1. The summed E-state index contributed by atoms with van der Waals surface area (Å²) in [7, 11) is 9.67. The Kier molecular flexibility index (Phi) is 30.8. The Balaban J connectivity index is 0.000000679. The van der Waals surface area contributed by atoms with E-state index in [-0.39, 0.29) is 155 Å². The van der Waals surface area contributed by atoms with Gasteiger partial charge in [-0.25, -0.2) is 4.79 Å². The number of nitrogens with one attached hydrogen (secondary N) is 1. The molecule has 2 saturated heterocycles. The molecule has 80 heavy (non-hydrogen) atoms. The second-order valence-corrected chi connectivity index (χ2v) is 17.2. The smallest absolute Gasteiger partial charge is 1.00 e. The zero-order valence-electron chi connectivity index (χ0n) is 48.8. The predicted molar refractivity (Wildman–Crippen MR) is 291 cm³/mol. The van der Waals surface area contributed by atoms with E-state index >= 15 is 0 Å². The molecule has 0 aromatic heterocycles. The summed E-state index contributed by atoms with van der Waals surface area (Å²) in [6.45, 7) is 0.615. The first kappa shape index (κ1) is 69.1. The Morgan fingerprint density at radius 1 is 0.487 bits per heavy atom. The van der Waals surface area contributed by atoms with Crippen molar-refractivity contribution >= 4 is 35.5 Å². The van der Waals surface area contributed by atoms with Crippen molar-refractivity contribution in [3.63, 3.8) is 0 Å². The van der Waals surface area contributed by atoms with Gasteiger partial charge in [-0.3, -0.25) is 29.2 Å². The molecule has 18 nitrogen and oxygen atoms in total. The Labute approximate surface area is 555 Å². The van der Waals surface area contributed by atoms with Crippen molar-refractivity contribution in [2.24, 2.45) is 5.73 Å². The van der Waals surface area contributed by atoms with Crippen LogP contribution < -0.4 is 133 Å². The first-order valence-electron chi connectivity index (χ1n) is 25.2. The zero-order chi connectivity index (χ0) is 56.5. The summed E-state index contributed by atoms with van der Waals surface area (Å²) in [5.74, 6) is 0.316. The summed E-state index contributed by atoms with van der Waals surface area (Å²) < 4.78 is 34.8. The fourth-order valence-corrected chi connectivity index (χ4v) is 8.54. The first-order chi connectivity index (χ1) is 37.8. The molecule has 5 amide bonds. The van der Waals surface area contributed by atoms with Crippen LogP contribution in [0.5, 0.6) is 23.0 Å². The van der Waals surface area contributed by atoms with E-state index in [4.69, 9.17) is 38.5 Å². The van der Waals surface area contributed by atoms with Crippen LogP contribution in [0, 0.1) is 0 Å². The van der Waals surface area contributed by atoms with Crippen LogP contribution in [0.15, 0.2) is 158 Å². The number of imide groups is 2. The summed E-state index contributed by atoms with van der Waals surface area (Å²) in [5.41, 5.74) is 8.27. The predicted octanol–water partition coefficient (Wildman–Crippen LogP) is 2.27. The van der Waals surface area contributed by atoms with Gasteiger partial charge in [-0.15, -0.1) is 5.06 Å². The molecule has 0 bridgehead atoms. The molecule has 0 spiro atoms. The van der Waals surface area contributed by atoms with Gasteiger partial charge in [-0.2, -0.15) is 5.06 Å². The summed E-state index contributed by atoms with van der Waals surface area (Å²) >= 11 is 0. The second-order valence-electron chi connectivity index (χ2n) is 17.2. The third-order valence-corrected chi connectivity index (χ3v) is 12.6. The Morgan fingerprint density at radius 2 is 0.775 bits per heavy atom. The van der Waals surface area contributed by atoms with E-state index in [2.05, 4.69) is 23.2 Å².